The largest absolute Gasteiger partial charge is 0.497 e. The SMILES string of the molecule is COc1ccc(-c2nc(C3CNCCO3)no2)c(F)c1. The fourth-order valence-electron chi connectivity index (χ4n) is 2.00. The Morgan fingerprint density at radius 1 is 1.45 bits per heavy atom. The van der Waals surface area contributed by atoms with Gasteiger partial charge in [-0.3, -0.25) is 0 Å². The molecule has 1 aliphatic heterocycles. The molecule has 1 aromatic heterocycles. The molecule has 0 amide bonds. The summed E-state index contributed by atoms with van der Waals surface area (Å²) in [6.45, 7) is 2.00. The van der Waals surface area contributed by atoms with E-state index in [2.05, 4.69) is 15.5 Å². The van der Waals surface area contributed by atoms with E-state index in [4.69, 9.17) is 14.0 Å². The number of morpholine rings is 1. The van der Waals surface area contributed by atoms with E-state index in [1.54, 1.807) is 12.1 Å². The molecule has 7 heteroatoms. The first-order valence-electron chi connectivity index (χ1n) is 6.28. The van der Waals surface area contributed by atoms with Crippen molar-refractivity contribution < 1.29 is 18.4 Å². The number of benzene rings is 1. The van der Waals surface area contributed by atoms with E-state index in [0.717, 1.165) is 6.54 Å². The lowest BCUT2D eigenvalue weighted by Gasteiger charge is -2.20. The Balaban J connectivity index is 1.85. The van der Waals surface area contributed by atoms with Gasteiger partial charge in [-0.25, -0.2) is 4.39 Å². The van der Waals surface area contributed by atoms with Gasteiger partial charge in [0.15, 0.2) is 0 Å². The standard InChI is InChI=1S/C13H14FN3O3/c1-18-8-2-3-9(10(14)6-8)13-16-12(17-20-13)11-7-15-4-5-19-11/h2-3,6,11,15H,4-5,7H2,1H3. The topological polar surface area (TPSA) is 69.4 Å². The van der Waals surface area contributed by atoms with Crippen molar-refractivity contribution in [3.63, 3.8) is 0 Å². The van der Waals surface area contributed by atoms with Gasteiger partial charge >= 0.3 is 0 Å². The highest BCUT2D eigenvalue weighted by atomic mass is 19.1. The normalized spacial score (nSPS) is 19.0. The number of methoxy groups -OCH3 is 1. The quantitative estimate of drug-likeness (QED) is 0.919. The molecule has 0 radical (unpaired) electrons. The van der Waals surface area contributed by atoms with Crippen molar-refractivity contribution >= 4 is 0 Å². The van der Waals surface area contributed by atoms with Gasteiger partial charge in [0.05, 0.1) is 19.3 Å². The van der Waals surface area contributed by atoms with Crippen LogP contribution >= 0.6 is 0 Å². The summed E-state index contributed by atoms with van der Waals surface area (Å²) in [4.78, 5) is 4.20. The van der Waals surface area contributed by atoms with Gasteiger partial charge in [0.2, 0.25) is 5.82 Å². The highest BCUT2D eigenvalue weighted by Gasteiger charge is 2.23. The van der Waals surface area contributed by atoms with E-state index in [1.165, 1.54) is 13.2 Å². The second kappa shape index (κ2) is 5.56. The molecule has 1 aromatic carbocycles. The highest BCUT2D eigenvalue weighted by Crippen LogP contribution is 2.26. The predicted molar refractivity (Wildman–Crippen MR) is 67.8 cm³/mol. The number of nitrogens with one attached hydrogen (secondary N) is 1. The van der Waals surface area contributed by atoms with Gasteiger partial charge in [-0.15, -0.1) is 0 Å². The van der Waals surface area contributed by atoms with Gasteiger partial charge in [0.1, 0.15) is 17.7 Å². The Hall–Kier alpha value is -1.99. The number of hydrogen-bond acceptors (Lipinski definition) is 6. The van der Waals surface area contributed by atoms with Crippen molar-refractivity contribution in [3.05, 3.63) is 29.8 Å². The molecule has 1 atom stereocenters. The van der Waals surface area contributed by atoms with Gasteiger partial charge in [0, 0.05) is 19.2 Å². The smallest absolute Gasteiger partial charge is 0.261 e. The number of hydrogen-bond donors (Lipinski definition) is 1. The molecule has 20 heavy (non-hydrogen) atoms. The minimum absolute atomic E-state index is 0.134. The fourth-order valence-corrected chi connectivity index (χ4v) is 2.00. The number of ether oxygens (including phenoxy) is 2. The molecule has 1 N–H and O–H groups in total. The van der Waals surface area contributed by atoms with Gasteiger partial charge in [-0.05, 0) is 12.1 Å². The van der Waals surface area contributed by atoms with Crippen LogP contribution in [-0.4, -0.2) is 36.9 Å². The second-order valence-electron chi connectivity index (χ2n) is 4.37. The van der Waals surface area contributed by atoms with Crippen LogP contribution in [0.3, 0.4) is 0 Å². The molecule has 106 valence electrons. The van der Waals surface area contributed by atoms with E-state index in [-0.39, 0.29) is 17.6 Å². The fraction of sp³-hybridized carbons (Fsp3) is 0.385. The van der Waals surface area contributed by atoms with E-state index in [9.17, 15) is 4.39 Å². The second-order valence-corrected chi connectivity index (χ2v) is 4.37. The van der Waals surface area contributed by atoms with E-state index < -0.39 is 5.82 Å². The first kappa shape index (κ1) is 13.0. The van der Waals surface area contributed by atoms with Crippen LogP contribution in [0, 0.1) is 5.82 Å². The van der Waals surface area contributed by atoms with Crippen molar-refractivity contribution in [1.82, 2.24) is 15.5 Å². The van der Waals surface area contributed by atoms with E-state index in [1.807, 2.05) is 0 Å². The van der Waals surface area contributed by atoms with Crippen LogP contribution in [0.5, 0.6) is 5.75 Å². The molecule has 0 saturated carbocycles. The molecule has 1 aliphatic rings. The first-order valence-corrected chi connectivity index (χ1v) is 6.28. The van der Waals surface area contributed by atoms with Crippen molar-refractivity contribution in [1.29, 1.82) is 0 Å². The predicted octanol–water partition coefficient (Wildman–Crippen LogP) is 1.55. The highest BCUT2D eigenvalue weighted by molar-refractivity contribution is 5.55. The molecule has 0 bridgehead atoms. The molecule has 1 unspecified atom stereocenters. The van der Waals surface area contributed by atoms with Crippen molar-refractivity contribution in [2.24, 2.45) is 0 Å². The summed E-state index contributed by atoms with van der Waals surface area (Å²) in [5.74, 6) is 0.518. The van der Waals surface area contributed by atoms with Crippen LogP contribution in [0.4, 0.5) is 4.39 Å². The average Bonchev–Trinajstić information content (AvgIpc) is 2.97. The zero-order chi connectivity index (χ0) is 13.9. The van der Waals surface area contributed by atoms with Crippen LogP contribution in [0.15, 0.2) is 22.7 Å². The van der Waals surface area contributed by atoms with Crippen LogP contribution < -0.4 is 10.1 Å². The number of halogens is 1. The maximum Gasteiger partial charge on any atom is 0.261 e. The minimum atomic E-state index is -0.470. The van der Waals surface area contributed by atoms with Crippen LogP contribution in [0.2, 0.25) is 0 Å². The third-order valence-corrected chi connectivity index (χ3v) is 3.06. The Morgan fingerprint density at radius 3 is 3.05 bits per heavy atom. The first-order chi connectivity index (χ1) is 9.78. The van der Waals surface area contributed by atoms with Crippen molar-refractivity contribution in [3.8, 4) is 17.2 Å². The number of aromatic nitrogens is 2. The van der Waals surface area contributed by atoms with E-state index >= 15 is 0 Å². The average molecular weight is 279 g/mol. The lowest BCUT2D eigenvalue weighted by atomic mass is 10.2. The van der Waals surface area contributed by atoms with Crippen LogP contribution in [0.25, 0.3) is 11.5 Å². The molecule has 3 rings (SSSR count). The molecular weight excluding hydrogens is 265 g/mol. The Bertz CT molecular complexity index is 596. The zero-order valence-corrected chi connectivity index (χ0v) is 10.9. The van der Waals surface area contributed by atoms with Crippen LogP contribution in [-0.2, 0) is 4.74 Å². The van der Waals surface area contributed by atoms with Crippen molar-refractivity contribution in [2.75, 3.05) is 26.8 Å². The lowest BCUT2D eigenvalue weighted by Crippen LogP contribution is -2.33. The lowest BCUT2D eigenvalue weighted by molar-refractivity contribution is 0.0208. The molecule has 0 aliphatic carbocycles. The van der Waals surface area contributed by atoms with Gasteiger partial charge in [0.25, 0.3) is 5.89 Å². The summed E-state index contributed by atoms with van der Waals surface area (Å²) < 4.78 is 29.5. The molecule has 6 nitrogen and oxygen atoms in total. The van der Waals surface area contributed by atoms with E-state index in [0.29, 0.717) is 24.7 Å². The number of rotatable bonds is 3. The third-order valence-electron chi connectivity index (χ3n) is 3.06. The molecule has 2 aromatic rings. The Kier molecular flexibility index (Phi) is 3.62. The molecule has 2 heterocycles. The zero-order valence-electron chi connectivity index (χ0n) is 10.9. The summed E-state index contributed by atoms with van der Waals surface area (Å²) in [6.07, 6.45) is -0.262. The maximum absolute atomic E-state index is 13.9. The monoisotopic (exact) mass is 279 g/mol. The molecule has 0 spiro atoms. The van der Waals surface area contributed by atoms with Gasteiger partial charge < -0.3 is 19.3 Å². The molecule has 1 saturated heterocycles. The van der Waals surface area contributed by atoms with Crippen LogP contribution in [0.1, 0.15) is 11.9 Å². The Labute approximate surface area is 114 Å². The van der Waals surface area contributed by atoms with Gasteiger partial charge in [-0.1, -0.05) is 5.16 Å². The summed E-state index contributed by atoms with van der Waals surface area (Å²) >= 11 is 0. The third kappa shape index (κ3) is 2.50. The number of nitrogens with zero attached hydrogens (tertiary/aromatic N) is 2. The summed E-state index contributed by atoms with van der Waals surface area (Å²) in [5, 5.41) is 7.02. The maximum atomic E-state index is 13.9. The Morgan fingerprint density at radius 2 is 2.35 bits per heavy atom. The van der Waals surface area contributed by atoms with Gasteiger partial charge in [-0.2, -0.15) is 4.98 Å². The summed E-state index contributed by atoms with van der Waals surface area (Å²) in [5.41, 5.74) is 0.244. The molecule has 1 fully saturated rings. The minimum Gasteiger partial charge on any atom is -0.497 e. The summed E-state index contributed by atoms with van der Waals surface area (Å²) in [6, 6.07) is 4.46. The summed E-state index contributed by atoms with van der Waals surface area (Å²) in [7, 11) is 1.48. The van der Waals surface area contributed by atoms with Crippen molar-refractivity contribution in [2.45, 2.75) is 6.10 Å². The molecular formula is C13H14FN3O3.